The molecule has 3 rings (SSSR count). The molecule has 1 aliphatic carbocycles. The number of aryl methyl sites for hydroxylation is 1. The van der Waals surface area contributed by atoms with E-state index in [0.717, 1.165) is 11.5 Å². The lowest BCUT2D eigenvalue weighted by atomic mass is 10.2. The lowest BCUT2D eigenvalue weighted by Gasteiger charge is -2.06. The van der Waals surface area contributed by atoms with E-state index in [0.29, 0.717) is 11.7 Å². The lowest BCUT2D eigenvalue weighted by molar-refractivity contribution is 0.912. The fraction of sp³-hybridized carbons (Fsp3) is 0.333. The Labute approximate surface area is 116 Å². The number of H-pyrrole nitrogens is 1. The van der Waals surface area contributed by atoms with Gasteiger partial charge in [-0.15, -0.1) is 11.8 Å². The Morgan fingerprint density at radius 2 is 2.16 bits per heavy atom. The zero-order valence-electron chi connectivity index (χ0n) is 10.8. The third-order valence-corrected chi connectivity index (χ3v) is 4.45. The number of thioether (sulfide) groups is 1. The van der Waals surface area contributed by atoms with E-state index in [1.54, 1.807) is 17.8 Å². The van der Waals surface area contributed by atoms with Gasteiger partial charge in [0.1, 0.15) is 5.82 Å². The second-order valence-corrected chi connectivity index (χ2v) is 5.96. The standard InChI is InChI=1S/C15H16N2OS/c1-10-4-2-3-5-13(10)19-9-14-16-12(11-6-7-11)8-15(18)17-14/h2-5,8,11H,6-7,9H2,1H3,(H,16,17,18). The fourth-order valence-electron chi connectivity index (χ4n) is 2.05. The Hall–Kier alpha value is -1.55. The smallest absolute Gasteiger partial charge is 0.251 e. The minimum absolute atomic E-state index is 0.0303. The zero-order chi connectivity index (χ0) is 13.2. The number of nitrogens with zero attached hydrogens (tertiary/aromatic N) is 1. The molecule has 4 heteroatoms. The van der Waals surface area contributed by atoms with Crippen molar-refractivity contribution in [2.75, 3.05) is 0 Å². The minimum Gasteiger partial charge on any atom is -0.310 e. The molecule has 0 unspecified atom stereocenters. The van der Waals surface area contributed by atoms with E-state index < -0.39 is 0 Å². The normalized spacial score (nSPS) is 14.6. The summed E-state index contributed by atoms with van der Waals surface area (Å²) < 4.78 is 0. The van der Waals surface area contributed by atoms with Crippen LogP contribution >= 0.6 is 11.8 Å². The van der Waals surface area contributed by atoms with Crippen molar-refractivity contribution in [3.63, 3.8) is 0 Å². The van der Waals surface area contributed by atoms with Crippen molar-refractivity contribution in [3.05, 3.63) is 57.8 Å². The summed E-state index contributed by atoms with van der Waals surface area (Å²) in [6.07, 6.45) is 2.33. The van der Waals surface area contributed by atoms with Gasteiger partial charge in [-0.05, 0) is 31.4 Å². The fourth-order valence-corrected chi connectivity index (χ4v) is 2.95. The predicted molar refractivity (Wildman–Crippen MR) is 77.6 cm³/mol. The zero-order valence-corrected chi connectivity index (χ0v) is 11.7. The first kappa shape index (κ1) is 12.5. The first-order valence-corrected chi connectivity index (χ1v) is 7.49. The quantitative estimate of drug-likeness (QED) is 0.869. The van der Waals surface area contributed by atoms with Crippen LogP contribution in [0.2, 0.25) is 0 Å². The van der Waals surface area contributed by atoms with Crippen molar-refractivity contribution in [2.45, 2.75) is 36.3 Å². The summed E-state index contributed by atoms with van der Waals surface area (Å²) in [5, 5.41) is 0. The molecule has 1 fully saturated rings. The van der Waals surface area contributed by atoms with Crippen molar-refractivity contribution in [2.24, 2.45) is 0 Å². The van der Waals surface area contributed by atoms with Crippen LogP contribution in [0, 0.1) is 6.92 Å². The second kappa shape index (κ2) is 5.21. The average Bonchev–Trinajstić information content (AvgIpc) is 3.21. The second-order valence-electron chi connectivity index (χ2n) is 4.95. The molecule has 0 saturated heterocycles. The first-order valence-electron chi connectivity index (χ1n) is 6.51. The summed E-state index contributed by atoms with van der Waals surface area (Å²) in [5.74, 6) is 2.01. The minimum atomic E-state index is -0.0303. The van der Waals surface area contributed by atoms with Crippen molar-refractivity contribution >= 4 is 11.8 Å². The number of rotatable bonds is 4. The van der Waals surface area contributed by atoms with Crippen LogP contribution in [0.1, 0.15) is 35.8 Å². The molecule has 0 spiro atoms. The third kappa shape index (κ3) is 3.07. The number of hydrogen-bond donors (Lipinski definition) is 1. The van der Waals surface area contributed by atoms with Crippen LogP contribution in [0.3, 0.4) is 0 Å². The average molecular weight is 272 g/mol. The molecule has 0 aliphatic heterocycles. The highest BCUT2D eigenvalue weighted by molar-refractivity contribution is 7.98. The van der Waals surface area contributed by atoms with Crippen molar-refractivity contribution < 1.29 is 0 Å². The van der Waals surface area contributed by atoms with Gasteiger partial charge in [0, 0.05) is 16.9 Å². The molecule has 1 aliphatic rings. The molecular formula is C15H16N2OS. The maximum Gasteiger partial charge on any atom is 0.251 e. The summed E-state index contributed by atoms with van der Waals surface area (Å²) in [4.78, 5) is 20.3. The number of hydrogen-bond acceptors (Lipinski definition) is 3. The van der Waals surface area contributed by atoms with E-state index >= 15 is 0 Å². The molecule has 1 aromatic heterocycles. The Balaban J connectivity index is 1.76. The maximum atomic E-state index is 11.6. The van der Waals surface area contributed by atoms with Crippen molar-refractivity contribution in [1.29, 1.82) is 0 Å². The molecule has 1 heterocycles. The van der Waals surface area contributed by atoms with Crippen LogP contribution in [0.25, 0.3) is 0 Å². The SMILES string of the molecule is Cc1ccccc1SCc1nc(C2CC2)cc(=O)[nH]1. The molecule has 19 heavy (non-hydrogen) atoms. The highest BCUT2D eigenvalue weighted by Crippen LogP contribution is 2.38. The third-order valence-electron chi connectivity index (χ3n) is 3.26. The number of aromatic nitrogens is 2. The summed E-state index contributed by atoms with van der Waals surface area (Å²) in [6, 6.07) is 9.90. The molecule has 0 atom stereocenters. The van der Waals surface area contributed by atoms with Crippen molar-refractivity contribution in [3.8, 4) is 0 Å². The maximum absolute atomic E-state index is 11.6. The molecule has 3 nitrogen and oxygen atoms in total. The van der Waals surface area contributed by atoms with E-state index in [2.05, 4.69) is 29.0 Å². The number of nitrogens with one attached hydrogen (secondary N) is 1. The van der Waals surface area contributed by atoms with E-state index in [1.165, 1.54) is 23.3 Å². The predicted octanol–water partition coefficient (Wildman–Crippen LogP) is 3.25. The molecule has 2 aromatic rings. The molecule has 0 amide bonds. The topological polar surface area (TPSA) is 45.8 Å². The van der Waals surface area contributed by atoms with Gasteiger partial charge in [-0.1, -0.05) is 18.2 Å². The summed E-state index contributed by atoms with van der Waals surface area (Å²) in [5.41, 5.74) is 2.19. The van der Waals surface area contributed by atoms with Gasteiger partial charge in [-0.25, -0.2) is 4.98 Å². The number of aromatic amines is 1. The molecule has 1 saturated carbocycles. The van der Waals surface area contributed by atoms with Crippen molar-refractivity contribution in [1.82, 2.24) is 9.97 Å². The number of benzene rings is 1. The van der Waals surface area contributed by atoms with Gasteiger partial charge in [-0.3, -0.25) is 4.79 Å². The van der Waals surface area contributed by atoms with Crippen LogP contribution in [0.5, 0.6) is 0 Å². The van der Waals surface area contributed by atoms with Gasteiger partial charge in [0.15, 0.2) is 0 Å². The van der Waals surface area contributed by atoms with Gasteiger partial charge in [0.05, 0.1) is 11.4 Å². The van der Waals surface area contributed by atoms with Gasteiger partial charge in [-0.2, -0.15) is 0 Å². The van der Waals surface area contributed by atoms with Gasteiger partial charge in [0.25, 0.3) is 5.56 Å². The lowest BCUT2D eigenvalue weighted by Crippen LogP contribution is -2.11. The molecule has 98 valence electrons. The summed E-state index contributed by atoms with van der Waals surface area (Å²) >= 11 is 1.72. The Morgan fingerprint density at radius 1 is 1.37 bits per heavy atom. The van der Waals surface area contributed by atoms with Crippen LogP contribution in [-0.4, -0.2) is 9.97 Å². The Morgan fingerprint density at radius 3 is 2.89 bits per heavy atom. The summed E-state index contributed by atoms with van der Waals surface area (Å²) in [6.45, 7) is 2.10. The highest BCUT2D eigenvalue weighted by Gasteiger charge is 2.25. The van der Waals surface area contributed by atoms with Crippen LogP contribution in [-0.2, 0) is 5.75 Å². The van der Waals surface area contributed by atoms with E-state index in [-0.39, 0.29) is 5.56 Å². The van der Waals surface area contributed by atoms with E-state index in [9.17, 15) is 4.79 Å². The Bertz CT molecular complexity index is 647. The molecule has 0 bridgehead atoms. The molecule has 1 aromatic carbocycles. The Kier molecular flexibility index (Phi) is 3.42. The van der Waals surface area contributed by atoms with E-state index in [4.69, 9.17) is 0 Å². The molecule has 1 N–H and O–H groups in total. The van der Waals surface area contributed by atoms with Crippen LogP contribution < -0.4 is 5.56 Å². The van der Waals surface area contributed by atoms with Gasteiger partial charge >= 0.3 is 0 Å². The first-order chi connectivity index (χ1) is 9.22. The van der Waals surface area contributed by atoms with Crippen LogP contribution in [0.4, 0.5) is 0 Å². The van der Waals surface area contributed by atoms with Gasteiger partial charge in [0.2, 0.25) is 0 Å². The molecular weight excluding hydrogens is 256 g/mol. The summed E-state index contributed by atoms with van der Waals surface area (Å²) in [7, 11) is 0. The highest BCUT2D eigenvalue weighted by atomic mass is 32.2. The van der Waals surface area contributed by atoms with Crippen LogP contribution in [0.15, 0.2) is 40.0 Å². The largest absolute Gasteiger partial charge is 0.310 e. The van der Waals surface area contributed by atoms with Gasteiger partial charge < -0.3 is 4.98 Å². The monoisotopic (exact) mass is 272 g/mol. The molecule has 0 radical (unpaired) electrons. The van der Waals surface area contributed by atoms with E-state index in [1.807, 2.05) is 12.1 Å².